The Morgan fingerprint density at radius 2 is 1.91 bits per heavy atom. The van der Waals surface area contributed by atoms with E-state index >= 15 is 0 Å². The smallest absolute Gasteiger partial charge is 0.330 e. The Labute approximate surface area is 198 Å². The monoisotopic (exact) mass is 477 g/mol. The van der Waals surface area contributed by atoms with E-state index < -0.39 is 17.2 Å². The van der Waals surface area contributed by atoms with Crippen LogP contribution in [0, 0.1) is 0 Å². The van der Waals surface area contributed by atoms with Crippen molar-refractivity contribution in [3.05, 3.63) is 92.1 Å². The second-order valence-corrected chi connectivity index (χ2v) is 8.46. The van der Waals surface area contributed by atoms with Crippen LogP contribution in [-0.4, -0.2) is 34.2 Å². The number of amides is 1. The third-order valence-electron chi connectivity index (χ3n) is 5.13. The maximum Gasteiger partial charge on any atom is 0.330 e. The molecule has 0 aliphatic heterocycles. The molecule has 174 valence electrons. The van der Waals surface area contributed by atoms with E-state index in [1.165, 1.54) is 34.0 Å². The van der Waals surface area contributed by atoms with Crippen LogP contribution >= 0.6 is 11.3 Å². The number of ether oxygens (including phenoxy) is 1. The normalized spacial score (nSPS) is 11.3. The van der Waals surface area contributed by atoms with Crippen LogP contribution in [0.2, 0.25) is 0 Å². The molecule has 3 N–H and O–H groups in total. The maximum atomic E-state index is 13.3. The third kappa shape index (κ3) is 4.98. The van der Waals surface area contributed by atoms with Gasteiger partial charge in [-0.2, -0.15) is 0 Å². The predicted octanol–water partition coefficient (Wildman–Crippen LogP) is 2.62. The number of aromatic nitrogens is 3. The number of thiazole rings is 1. The molecule has 4 rings (SSSR count). The number of nitrogen functional groups attached to an aromatic ring is 1. The van der Waals surface area contributed by atoms with Gasteiger partial charge in [0.1, 0.15) is 10.8 Å². The number of hydrogen-bond acceptors (Lipinski definition) is 7. The van der Waals surface area contributed by atoms with Crippen molar-refractivity contribution in [3.8, 4) is 0 Å². The van der Waals surface area contributed by atoms with E-state index in [9.17, 15) is 14.4 Å². The second-order valence-electron chi connectivity index (χ2n) is 7.40. The quantitative estimate of drug-likeness (QED) is 0.376. The number of aromatic amines is 1. The molecule has 0 radical (unpaired) electrons. The molecule has 2 heterocycles. The molecule has 4 aromatic rings. The number of methoxy groups -OCH3 is 1. The van der Waals surface area contributed by atoms with Crippen molar-refractivity contribution in [1.82, 2.24) is 14.5 Å². The molecular formula is C24H23N5O4S. The number of benzene rings is 2. The average Bonchev–Trinajstić information content (AvgIpc) is 3.25. The molecule has 0 unspecified atom stereocenters. The summed E-state index contributed by atoms with van der Waals surface area (Å²) in [6.07, 6.45) is 2.96. The van der Waals surface area contributed by atoms with Crippen LogP contribution in [0.1, 0.15) is 10.6 Å². The van der Waals surface area contributed by atoms with Crippen molar-refractivity contribution in [1.29, 1.82) is 0 Å². The lowest BCUT2D eigenvalue weighted by atomic mass is 10.2. The highest BCUT2D eigenvalue weighted by molar-refractivity contribution is 7.19. The van der Waals surface area contributed by atoms with Crippen molar-refractivity contribution in [2.45, 2.75) is 13.1 Å². The van der Waals surface area contributed by atoms with Gasteiger partial charge >= 0.3 is 5.69 Å². The summed E-state index contributed by atoms with van der Waals surface area (Å²) in [5, 5.41) is 0.654. The fraction of sp³-hybridized carbons (Fsp3) is 0.167. The zero-order chi connectivity index (χ0) is 24.1. The number of rotatable bonds is 8. The summed E-state index contributed by atoms with van der Waals surface area (Å²) >= 11 is 1.45. The minimum Gasteiger partial charge on any atom is -0.383 e. The number of nitrogens with two attached hydrogens (primary N) is 1. The number of carbonyl (C=O) groups is 1. The van der Waals surface area contributed by atoms with Crippen molar-refractivity contribution in [2.24, 2.45) is 0 Å². The molecule has 0 spiro atoms. The first-order valence-electron chi connectivity index (χ1n) is 10.5. The van der Waals surface area contributed by atoms with Gasteiger partial charge in [0.2, 0.25) is 0 Å². The molecule has 0 atom stereocenters. The topological polar surface area (TPSA) is 123 Å². The van der Waals surface area contributed by atoms with E-state index in [0.717, 1.165) is 15.8 Å². The SMILES string of the molecule is COCCn1c(N)c(N(Cc2ccccc2)C(=O)C=Cc2nc3ccccc3s2)c(=O)[nH]c1=O. The van der Waals surface area contributed by atoms with Crippen LogP contribution in [0.4, 0.5) is 11.5 Å². The number of H-pyrrole nitrogens is 1. The second kappa shape index (κ2) is 10.3. The summed E-state index contributed by atoms with van der Waals surface area (Å²) in [5.74, 6) is -0.583. The van der Waals surface area contributed by atoms with Gasteiger partial charge in [-0.15, -0.1) is 11.3 Å². The molecule has 34 heavy (non-hydrogen) atoms. The Kier molecular flexibility index (Phi) is 7.00. The number of carbonyl (C=O) groups excluding carboxylic acids is 1. The van der Waals surface area contributed by atoms with Crippen molar-refractivity contribution < 1.29 is 9.53 Å². The summed E-state index contributed by atoms with van der Waals surface area (Å²) < 4.78 is 7.22. The average molecular weight is 478 g/mol. The first-order chi connectivity index (χ1) is 16.5. The lowest BCUT2D eigenvalue weighted by Crippen LogP contribution is -2.40. The first kappa shape index (κ1) is 23.1. The molecule has 0 fully saturated rings. The van der Waals surface area contributed by atoms with Crippen molar-refractivity contribution >= 4 is 45.0 Å². The van der Waals surface area contributed by atoms with Gasteiger partial charge in [-0.25, -0.2) is 9.78 Å². The first-order valence-corrected chi connectivity index (χ1v) is 11.3. The van der Waals surface area contributed by atoms with Gasteiger partial charge < -0.3 is 10.5 Å². The molecule has 0 saturated carbocycles. The van der Waals surface area contributed by atoms with E-state index in [4.69, 9.17) is 10.5 Å². The van der Waals surface area contributed by atoms with Crippen LogP contribution in [-0.2, 0) is 22.6 Å². The molecule has 0 bridgehead atoms. The Morgan fingerprint density at radius 3 is 2.65 bits per heavy atom. The third-order valence-corrected chi connectivity index (χ3v) is 6.13. The van der Waals surface area contributed by atoms with E-state index in [0.29, 0.717) is 5.01 Å². The Balaban J connectivity index is 1.74. The fourth-order valence-electron chi connectivity index (χ4n) is 3.47. The lowest BCUT2D eigenvalue weighted by molar-refractivity contribution is -0.114. The summed E-state index contributed by atoms with van der Waals surface area (Å²) in [5.41, 5.74) is 6.36. The molecule has 9 nitrogen and oxygen atoms in total. The van der Waals surface area contributed by atoms with Crippen molar-refractivity contribution in [2.75, 3.05) is 24.4 Å². The van der Waals surface area contributed by atoms with Crippen LogP contribution in [0.3, 0.4) is 0 Å². The summed E-state index contributed by atoms with van der Waals surface area (Å²) in [7, 11) is 1.49. The highest BCUT2D eigenvalue weighted by Crippen LogP contribution is 2.24. The number of para-hydroxylation sites is 1. The number of hydrogen-bond donors (Lipinski definition) is 2. The summed E-state index contributed by atoms with van der Waals surface area (Å²) in [6, 6.07) is 16.9. The highest BCUT2D eigenvalue weighted by Gasteiger charge is 2.23. The lowest BCUT2D eigenvalue weighted by Gasteiger charge is -2.23. The van der Waals surface area contributed by atoms with Gasteiger partial charge in [-0.3, -0.25) is 24.0 Å². The minimum atomic E-state index is -0.742. The Hall–Kier alpha value is -4.02. The van der Waals surface area contributed by atoms with E-state index in [1.54, 1.807) is 6.08 Å². The van der Waals surface area contributed by atoms with E-state index in [1.807, 2.05) is 54.6 Å². The van der Waals surface area contributed by atoms with Gasteiger partial charge in [0.05, 0.1) is 29.9 Å². The molecule has 0 aliphatic carbocycles. The standard InChI is InChI=1S/C24H23N5O4S/c1-33-14-13-28-22(25)21(23(31)27-24(28)32)29(15-16-7-3-2-4-8-16)20(30)12-11-19-26-17-9-5-6-10-18(17)34-19/h2-12H,13-15,25H2,1H3,(H,27,31,32). The minimum absolute atomic E-state index is 0.0830. The molecule has 0 saturated heterocycles. The number of nitrogens with one attached hydrogen (secondary N) is 1. The molecule has 1 amide bonds. The number of nitrogens with zero attached hydrogens (tertiary/aromatic N) is 3. The van der Waals surface area contributed by atoms with E-state index in [-0.39, 0.29) is 31.2 Å². The van der Waals surface area contributed by atoms with Gasteiger partial charge in [-0.1, -0.05) is 42.5 Å². The maximum absolute atomic E-state index is 13.3. The molecule has 10 heteroatoms. The molecule has 0 aliphatic rings. The highest BCUT2D eigenvalue weighted by atomic mass is 32.1. The van der Waals surface area contributed by atoms with Gasteiger partial charge in [-0.05, 0) is 23.8 Å². The summed E-state index contributed by atoms with van der Waals surface area (Å²) in [4.78, 5) is 46.5. The van der Waals surface area contributed by atoms with Crippen LogP contribution in [0.15, 0.2) is 70.3 Å². The zero-order valence-corrected chi connectivity index (χ0v) is 19.2. The van der Waals surface area contributed by atoms with Crippen LogP contribution in [0.5, 0.6) is 0 Å². The number of anilines is 2. The fourth-order valence-corrected chi connectivity index (χ4v) is 4.34. The van der Waals surface area contributed by atoms with Gasteiger partial charge in [0.25, 0.3) is 11.5 Å². The van der Waals surface area contributed by atoms with Gasteiger partial charge in [0.15, 0.2) is 5.69 Å². The Morgan fingerprint density at radius 1 is 1.18 bits per heavy atom. The molecule has 2 aromatic heterocycles. The van der Waals surface area contributed by atoms with Gasteiger partial charge in [0, 0.05) is 13.2 Å². The largest absolute Gasteiger partial charge is 0.383 e. The summed E-state index contributed by atoms with van der Waals surface area (Å²) in [6.45, 7) is 0.416. The molecular weight excluding hydrogens is 454 g/mol. The van der Waals surface area contributed by atoms with E-state index in [2.05, 4.69) is 9.97 Å². The predicted molar refractivity (Wildman–Crippen MR) is 134 cm³/mol. The molecule has 2 aromatic carbocycles. The van der Waals surface area contributed by atoms with Crippen molar-refractivity contribution in [3.63, 3.8) is 0 Å². The number of fused-ring (bicyclic) bond motifs is 1. The van der Waals surface area contributed by atoms with Crippen LogP contribution < -0.4 is 21.9 Å². The van der Waals surface area contributed by atoms with Crippen LogP contribution in [0.25, 0.3) is 16.3 Å². The zero-order valence-electron chi connectivity index (χ0n) is 18.4. The Bertz CT molecular complexity index is 1420.